The number of rotatable bonds is 6. The molecule has 0 aromatic heterocycles. The van der Waals surface area contributed by atoms with Crippen LogP contribution < -0.4 is 5.32 Å². The second kappa shape index (κ2) is 7.82. The third-order valence-electron chi connectivity index (χ3n) is 1.30. The van der Waals surface area contributed by atoms with Gasteiger partial charge >= 0.3 is 6.09 Å². The van der Waals surface area contributed by atoms with Crippen molar-refractivity contribution in [1.29, 1.82) is 0 Å². The maximum Gasteiger partial charge on any atom is 0.407 e. The van der Waals surface area contributed by atoms with Crippen LogP contribution in [0.1, 0.15) is 13.8 Å². The molecule has 0 aromatic rings. The van der Waals surface area contributed by atoms with E-state index >= 15 is 0 Å². The number of carbonyl (C=O) groups excluding carboxylic acids is 1. The van der Waals surface area contributed by atoms with Crippen LogP contribution in [0.25, 0.3) is 0 Å². The molecule has 0 rings (SSSR count). The van der Waals surface area contributed by atoms with Crippen molar-refractivity contribution in [3.63, 3.8) is 0 Å². The average Bonchev–Trinajstić information content (AvgIpc) is 2.14. The quantitative estimate of drug-likeness (QED) is 0.629. The second-order valence-electron chi connectivity index (χ2n) is 2.21. The van der Waals surface area contributed by atoms with Crippen LogP contribution in [0.2, 0.25) is 0 Å². The SMILES string of the molecule is CCOC(CNC(=O)OC)OCC. The summed E-state index contributed by atoms with van der Waals surface area (Å²) in [5, 5.41) is 2.49. The first-order valence-electron chi connectivity index (χ1n) is 4.29. The number of carbonyl (C=O) groups is 1. The van der Waals surface area contributed by atoms with Crippen molar-refractivity contribution in [3.8, 4) is 0 Å². The normalized spacial score (nSPS) is 10.2. The fourth-order valence-electron chi connectivity index (χ4n) is 0.777. The topological polar surface area (TPSA) is 56.8 Å². The van der Waals surface area contributed by atoms with E-state index in [2.05, 4.69) is 10.1 Å². The Bertz CT molecular complexity index is 134. The molecule has 0 saturated carbocycles. The van der Waals surface area contributed by atoms with Crippen LogP contribution in [0, 0.1) is 0 Å². The number of nitrogens with one attached hydrogen (secondary N) is 1. The Hall–Kier alpha value is -0.810. The number of hydrogen-bond donors (Lipinski definition) is 1. The molecule has 78 valence electrons. The molecule has 0 aromatic carbocycles. The lowest BCUT2D eigenvalue weighted by Crippen LogP contribution is -2.35. The van der Waals surface area contributed by atoms with E-state index < -0.39 is 12.4 Å². The van der Waals surface area contributed by atoms with Crippen molar-refractivity contribution in [3.05, 3.63) is 0 Å². The van der Waals surface area contributed by atoms with Crippen LogP contribution in [0.4, 0.5) is 4.79 Å². The van der Waals surface area contributed by atoms with Crippen molar-refractivity contribution in [1.82, 2.24) is 5.32 Å². The number of ether oxygens (including phenoxy) is 3. The van der Waals surface area contributed by atoms with Gasteiger partial charge in [-0.05, 0) is 13.8 Å². The summed E-state index contributed by atoms with van der Waals surface area (Å²) in [6.07, 6.45) is -0.876. The Labute approximate surface area is 78.3 Å². The summed E-state index contributed by atoms with van der Waals surface area (Å²) in [6.45, 7) is 5.13. The molecule has 0 radical (unpaired) electrons. The van der Waals surface area contributed by atoms with Gasteiger partial charge in [0.1, 0.15) is 0 Å². The highest BCUT2D eigenvalue weighted by Crippen LogP contribution is 1.93. The highest BCUT2D eigenvalue weighted by Gasteiger charge is 2.09. The average molecular weight is 191 g/mol. The van der Waals surface area contributed by atoms with E-state index in [0.717, 1.165) is 0 Å². The van der Waals surface area contributed by atoms with Gasteiger partial charge in [-0.2, -0.15) is 0 Å². The summed E-state index contributed by atoms with van der Waals surface area (Å²) in [6, 6.07) is 0. The van der Waals surface area contributed by atoms with Crippen molar-refractivity contribution >= 4 is 6.09 Å². The van der Waals surface area contributed by atoms with Crippen LogP contribution in [0.15, 0.2) is 0 Å². The van der Waals surface area contributed by atoms with Crippen LogP contribution >= 0.6 is 0 Å². The van der Waals surface area contributed by atoms with Crippen molar-refractivity contribution < 1.29 is 19.0 Å². The molecule has 0 spiro atoms. The Morgan fingerprint density at radius 1 is 1.31 bits per heavy atom. The summed E-state index contributed by atoms with van der Waals surface area (Å²) < 4.78 is 14.8. The molecule has 0 fully saturated rings. The van der Waals surface area contributed by atoms with E-state index in [1.165, 1.54) is 7.11 Å². The van der Waals surface area contributed by atoms with Crippen molar-refractivity contribution in [2.24, 2.45) is 0 Å². The van der Waals surface area contributed by atoms with Gasteiger partial charge in [0, 0.05) is 13.2 Å². The Morgan fingerprint density at radius 2 is 1.85 bits per heavy atom. The minimum Gasteiger partial charge on any atom is -0.453 e. The number of alkyl carbamates (subject to hydrolysis) is 1. The lowest BCUT2D eigenvalue weighted by molar-refractivity contribution is -0.132. The fourth-order valence-corrected chi connectivity index (χ4v) is 0.777. The van der Waals surface area contributed by atoms with Gasteiger partial charge in [-0.25, -0.2) is 4.79 Å². The van der Waals surface area contributed by atoms with E-state index in [0.29, 0.717) is 19.8 Å². The first-order chi connectivity index (χ1) is 6.24. The molecule has 0 aliphatic heterocycles. The minimum absolute atomic E-state index is 0.300. The van der Waals surface area contributed by atoms with Gasteiger partial charge < -0.3 is 19.5 Å². The van der Waals surface area contributed by atoms with E-state index in [9.17, 15) is 4.79 Å². The maximum atomic E-state index is 10.7. The Balaban J connectivity index is 3.61. The van der Waals surface area contributed by atoms with E-state index in [1.807, 2.05) is 13.8 Å². The van der Waals surface area contributed by atoms with Crippen LogP contribution in [0.3, 0.4) is 0 Å². The number of amides is 1. The molecular formula is C8H17NO4. The molecule has 0 atom stereocenters. The standard InChI is InChI=1S/C8H17NO4/c1-4-12-7(13-5-2)6-9-8(10)11-3/h7H,4-6H2,1-3H3,(H,9,10). The molecule has 0 unspecified atom stereocenters. The Morgan fingerprint density at radius 3 is 2.23 bits per heavy atom. The Kier molecular flexibility index (Phi) is 7.33. The predicted octanol–water partition coefficient (Wildman–Crippen LogP) is 0.741. The van der Waals surface area contributed by atoms with Gasteiger partial charge in [-0.1, -0.05) is 0 Å². The van der Waals surface area contributed by atoms with Crippen LogP contribution in [0.5, 0.6) is 0 Å². The van der Waals surface area contributed by atoms with Gasteiger partial charge in [-0.3, -0.25) is 0 Å². The van der Waals surface area contributed by atoms with Crippen molar-refractivity contribution in [2.75, 3.05) is 26.9 Å². The lowest BCUT2D eigenvalue weighted by atomic mass is 10.6. The van der Waals surface area contributed by atoms with Gasteiger partial charge in [0.15, 0.2) is 6.29 Å². The van der Waals surface area contributed by atoms with Crippen LogP contribution in [-0.2, 0) is 14.2 Å². The summed E-state index contributed by atoms with van der Waals surface area (Å²) >= 11 is 0. The molecule has 0 bridgehead atoms. The fraction of sp³-hybridized carbons (Fsp3) is 0.875. The summed E-state index contributed by atoms with van der Waals surface area (Å²) in [5.41, 5.74) is 0. The summed E-state index contributed by atoms with van der Waals surface area (Å²) in [7, 11) is 1.31. The highest BCUT2D eigenvalue weighted by atomic mass is 16.7. The number of hydrogen-bond acceptors (Lipinski definition) is 4. The maximum absolute atomic E-state index is 10.7. The lowest BCUT2D eigenvalue weighted by Gasteiger charge is -2.16. The molecule has 0 heterocycles. The molecule has 5 heteroatoms. The minimum atomic E-state index is -0.482. The van der Waals surface area contributed by atoms with Gasteiger partial charge in [0.25, 0.3) is 0 Å². The predicted molar refractivity (Wildman–Crippen MR) is 47.4 cm³/mol. The summed E-state index contributed by atoms with van der Waals surface area (Å²) in [5.74, 6) is 0. The molecule has 13 heavy (non-hydrogen) atoms. The molecule has 0 aliphatic carbocycles. The molecule has 1 N–H and O–H groups in total. The second-order valence-corrected chi connectivity index (χ2v) is 2.21. The van der Waals surface area contributed by atoms with E-state index in [4.69, 9.17) is 9.47 Å². The zero-order chi connectivity index (χ0) is 10.1. The van der Waals surface area contributed by atoms with Crippen LogP contribution in [-0.4, -0.2) is 39.3 Å². The third kappa shape index (κ3) is 6.36. The van der Waals surface area contributed by atoms with E-state index in [1.54, 1.807) is 0 Å². The summed E-state index contributed by atoms with van der Waals surface area (Å²) in [4.78, 5) is 10.7. The first-order valence-corrected chi connectivity index (χ1v) is 4.29. The van der Waals surface area contributed by atoms with E-state index in [-0.39, 0.29) is 0 Å². The third-order valence-corrected chi connectivity index (χ3v) is 1.30. The largest absolute Gasteiger partial charge is 0.453 e. The molecule has 0 aliphatic rings. The van der Waals surface area contributed by atoms with Gasteiger partial charge in [0.05, 0.1) is 13.7 Å². The first kappa shape index (κ1) is 12.2. The molecular weight excluding hydrogens is 174 g/mol. The zero-order valence-corrected chi connectivity index (χ0v) is 8.33. The van der Waals surface area contributed by atoms with Gasteiger partial charge in [0.2, 0.25) is 0 Å². The molecule has 0 saturated heterocycles. The zero-order valence-electron chi connectivity index (χ0n) is 8.33. The highest BCUT2D eigenvalue weighted by molar-refractivity contribution is 5.66. The molecule has 1 amide bonds. The molecule has 5 nitrogen and oxygen atoms in total. The van der Waals surface area contributed by atoms with Crippen molar-refractivity contribution in [2.45, 2.75) is 20.1 Å². The smallest absolute Gasteiger partial charge is 0.407 e. The monoisotopic (exact) mass is 191 g/mol. The van der Waals surface area contributed by atoms with Gasteiger partial charge in [-0.15, -0.1) is 0 Å². The number of methoxy groups -OCH3 is 1.